The van der Waals surface area contributed by atoms with Crippen molar-refractivity contribution < 1.29 is 13.2 Å². The Bertz CT molecular complexity index is 730. The minimum absolute atomic E-state index is 0.154. The number of anilines is 1. The van der Waals surface area contributed by atoms with Crippen LogP contribution in [-0.4, -0.2) is 15.5 Å². The molecule has 2 aromatic carbocycles. The number of rotatable bonds is 5. The van der Waals surface area contributed by atoms with Crippen molar-refractivity contribution in [1.29, 1.82) is 0 Å². The van der Waals surface area contributed by atoms with Crippen molar-refractivity contribution in [3.8, 4) is 5.75 Å². The van der Waals surface area contributed by atoms with Gasteiger partial charge in [-0.1, -0.05) is 6.07 Å². The number of benzene rings is 2. The van der Waals surface area contributed by atoms with Crippen molar-refractivity contribution >= 4 is 31.6 Å². The molecule has 0 saturated carbocycles. The summed E-state index contributed by atoms with van der Waals surface area (Å²) < 4.78 is 32.9. The smallest absolute Gasteiger partial charge is 0.263 e. The van der Waals surface area contributed by atoms with Gasteiger partial charge in [0.15, 0.2) is 0 Å². The Hall–Kier alpha value is -1.57. The topological polar surface area (TPSA) is 81.4 Å². The number of nitrogens with two attached hydrogens (primary N) is 1. The number of ether oxygens (including phenoxy) is 1. The minimum atomic E-state index is -3.69. The zero-order valence-electron chi connectivity index (χ0n) is 11.3. The molecule has 2 aromatic rings. The van der Waals surface area contributed by atoms with Crippen molar-refractivity contribution in [3.63, 3.8) is 0 Å². The lowest BCUT2D eigenvalue weighted by Gasteiger charge is -2.11. The van der Waals surface area contributed by atoms with Crippen molar-refractivity contribution in [3.05, 3.63) is 52.5 Å². The number of hydrogen-bond acceptors (Lipinski definition) is 4. The van der Waals surface area contributed by atoms with E-state index < -0.39 is 10.0 Å². The maximum atomic E-state index is 12.4. The van der Waals surface area contributed by atoms with Crippen LogP contribution in [0.15, 0.2) is 51.8 Å². The fraction of sp³-hybridized carbons (Fsp3) is 0.143. The molecular weight excluding hydrogens is 356 g/mol. The van der Waals surface area contributed by atoms with Crippen LogP contribution in [-0.2, 0) is 16.6 Å². The van der Waals surface area contributed by atoms with Gasteiger partial charge in [0.05, 0.1) is 7.11 Å². The number of hydrogen-bond donors (Lipinski definition) is 2. The van der Waals surface area contributed by atoms with E-state index >= 15 is 0 Å². The molecule has 0 aromatic heterocycles. The average Bonchev–Trinajstić information content (AvgIpc) is 2.48. The standard InChI is InChI=1S/C14H15BrN2O3S/c1-20-12-5-3-11(4-6-12)17-21(18,19)14-8-10(9-16)2-7-13(14)15/h2-8,17H,9,16H2,1H3. The fourth-order valence-electron chi connectivity index (χ4n) is 1.75. The van der Waals surface area contributed by atoms with Gasteiger partial charge in [-0.15, -0.1) is 0 Å². The third-order valence-electron chi connectivity index (χ3n) is 2.86. The summed E-state index contributed by atoms with van der Waals surface area (Å²) in [5, 5.41) is 0. The van der Waals surface area contributed by atoms with Crippen LogP contribution in [0.5, 0.6) is 5.75 Å². The molecule has 7 heteroatoms. The van der Waals surface area contributed by atoms with Gasteiger partial charge in [0.1, 0.15) is 10.6 Å². The summed E-state index contributed by atoms with van der Waals surface area (Å²) in [5.74, 6) is 0.657. The Labute approximate surface area is 132 Å². The van der Waals surface area contributed by atoms with Crippen LogP contribution in [0.2, 0.25) is 0 Å². The van der Waals surface area contributed by atoms with Crippen molar-refractivity contribution in [2.75, 3.05) is 11.8 Å². The summed E-state index contributed by atoms with van der Waals surface area (Å²) in [7, 11) is -2.14. The first-order valence-corrected chi connectivity index (χ1v) is 8.39. The Morgan fingerprint density at radius 3 is 2.43 bits per heavy atom. The van der Waals surface area contributed by atoms with Crippen LogP contribution >= 0.6 is 15.9 Å². The average molecular weight is 371 g/mol. The van der Waals surface area contributed by atoms with Crippen LogP contribution in [0.4, 0.5) is 5.69 Å². The highest BCUT2D eigenvalue weighted by atomic mass is 79.9. The lowest BCUT2D eigenvalue weighted by Crippen LogP contribution is -2.14. The molecule has 0 aliphatic carbocycles. The number of halogens is 1. The molecule has 0 fully saturated rings. The van der Waals surface area contributed by atoms with Gasteiger partial charge >= 0.3 is 0 Å². The van der Waals surface area contributed by atoms with E-state index in [2.05, 4.69) is 20.7 Å². The molecule has 0 heterocycles. The molecule has 112 valence electrons. The first-order chi connectivity index (χ1) is 9.96. The van der Waals surface area contributed by atoms with Crippen LogP contribution in [0, 0.1) is 0 Å². The Kier molecular flexibility index (Phi) is 4.87. The molecule has 3 N–H and O–H groups in total. The highest BCUT2D eigenvalue weighted by molar-refractivity contribution is 9.10. The Morgan fingerprint density at radius 1 is 1.19 bits per heavy atom. The van der Waals surface area contributed by atoms with Crippen molar-refractivity contribution in [2.45, 2.75) is 11.4 Å². The normalized spacial score (nSPS) is 11.2. The largest absolute Gasteiger partial charge is 0.497 e. The van der Waals surface area contributed by atoms with Crippen LogP contribution in [0.3, 0.4) is 0 Å². The Morgan fingerprint density at radius 2 is 1.86 bits per heavy atom. The third-order valence-corrected chi connectivity index (χ3v) is 5.24. The molecule has 0 aliphatic rings. The third kappa shape index (κ3) is 3.75. The van der Waals surface area contributed by atoms with Crippen molar-refractivity contribution in [2.24, 2.45) is 5.73 Å². The SMILES string of the molecule is COc1ccc(NS(=O)(=O)c2cc(CN)ccc2Br)cc1. The highest BCUT2D eigenvalue weighted by Crippen LogP contribution is 2.26. The summed E-state index contributed by atoms with van der Waals surface area (Å²) in [6.45, 7) is 0.276. The number of methoxy groups -OCH3 is 1. The van der Waals surface area contributed by atoms with Gasteiger partial charge in [-0.3, -0.25) is 4.72 Å². The van der Waals surface area contributed by atoms with Gasteiger partial charge in [-0.25, -0.2) is 8.42 Å². The van der Waals surface area contributed by atoms with E-state index in [9.17, 15) is 8.42 Å². The molecule has 0 bridgehead atoms. The molecule has 0 atom stereocenters. The predicted octanol–water partition coefficient (Wildman–Crippen LogP) is 2.72. The summed E-state index contributed by atoms with van der Waals surface area (Å²) in [6, 6.07) is 11.6. The van der Waals surface area contributed by atoms with Crippen molar-refractivity contribution in [1.82, 2.24) is 0 Å². The zero-order chi connectivity index (χ0) is 15.5. The lowest BCUT2D eigenvalue weighted by atomic mass is 10.2. The first-order valence-electron chi connectivity index (χ1n) is 6.11. The van der Waals surface area contributed by atoms with E-state index in [-0.39, 0.29) is 11.4 Å². The zero-order valence-corrected chi connectivity index (χ0v) is 13.7. The molecule has 0 amide bonds. The maximum Gasteiger partial charge on any atom is 0.263 e. The summed E-state index contributed by atoms with van der Waals surface area (Å²) in [5.41, 5.74) is 6.76. The van der Waals surface area contributed by atoms with E-state index in [0.29, 0.717) is 15.9 Å². The lowest BCUT2D eigenvalue weighted by molar-refractivity contribution is 0.415. The quantitative estimate of drug-likeness (QED) is 0.847. The second kappa shape index (κ2) is 6.46. The van der Waals surface area contributed by atoms with E-state index in [1.807, 2.05) is 0 Å². The molecule has 0 radical (unpaired) electrons. The van der Waals surface area contributed by atoms with E-state index in [1.165, 1.54) is 0 Å². The summed E-state index contributed by atoms with van der Waals surface area (Å²) >= 11 is 3.25. The van der Waals surface area contributed by atoms with Crippen LogP contribution < -0.4 is 15.2 Å². The monoisotopic (exact) mass is 370 g/mol. The second-order valence-electron chi connectivity index (χ2n) is 4.30. The molecule has 0 aliphatic heterocycles. The maximum absolute atomic E-state index is 12.4. The molecule has 0 unspecified atom stereocenters. The predicted molar refractivity (Wildman–Crippen MR) is 85.8 cm³/mol. The first kappa shape index (κ1) is 15.8. The van der Waals surface area contributed by atoms with Crippen LogP contribution in [0.1, 0.15) is 5.56 Å². The van der Waals surface area contributed by atoms with E-state index in [1.54, 1.807) is 49.6 Å². The molecule has 2 rings (SSSR count). The van der Waals surface area contributed by atoms with Gasteiger partial charge in [-0.05, 0) is 57.9 Å². The summed E-state index contributed by atoms with van der Waals surface area (Å²) in [4.78, 5) is 0.154. The van der Waals surface area contributed by atoms with Gasteiger partial charge in [0, 0.05) is 16.7 Å². The van der Waals surface area contributed by atoms with E-state index in [0.717, 1.165) is 5.56 Å². The molecular formula is C14H15BrN2O3S. The summed E-state index contributed by atoms with van der Waals surface area (Å²) in [6.07, 6.45) is 0. The minimum Gasteiger partial charge on any atom is -0.497 e. The van der Waals surface area contributed by atoms with E-state index in [4.69, 9.17) is 10.5 Å². The second-order valence-corrected chi connectivity index (χ2v) is 6.81. The molecule has 5 nitrogen and oxygen atoms in total. The Balaban J connectivity index is 2.33. The molecule has 0 saturated heterocycles. The highest BCUT2D eigenvalue weighted by Gasteiger charge is 2.18. The van der Waals surface area contributed by atoms with Gasteiger partial charge in [0.2, 0.25) is 0 Å². The van der Waals surface area contributed by atoms with Gasteiger partial charge < -0.3 is 10.5 Å². The number of nitrogens with one attached hydrogen (secondary N) is 1. The molecule has 21 heavy (non-hydrogen) atoms. The molecule has 0 spiro atoms. The fourth-order valence-corrected chi connectivity index (χ4v) is 3.82. The van der Waals surface area contributed by atoms with Gasteiger partial charge in [-0.2, -0.15) is 0 Å². The number of sulfonamides is 1. The van der Waals surface area contributed by atoms with Crippen LogP contribution in [0.25, 0.3) is 0 Å². The van der Waals surface area contributed by atoms with Gasteiger partial charge in [0.25, 0.3) is 10.0 Å².